The lowest BCUT2D eigenvalue weighted by atomic mass is 9.99. The Bertz CT molecular complexity index is 1030. The fourth-order valence-corrected chi connectivity index (χ4v) is 4.23. The van der Waals surface area contributed by atoms with Crippen LogP contribution in [0.15, 0.2) is 52.0 Å². The van der Waals surface area contributed by atoms with Gasteiger partial charge in [-0.05, 0) is 63.1 Å². The molecule has 0 fully saturated rings. The van der Waals surface area contributed by atoms with Gasteiger partial charge in [-0.2, -0.15) is 0 Å². The van der Waals surface area contributed by atoms with Crippen molar-refractivity contribution >= 4 is 21.8 Å². The molecule has 10 heteroatoms. The summed E-state index contributed by atoms with van der Waals surface area (Å²) in [6.07, 6.45) is 1.48. The molecule has 0 radical (unpaired) electrons. The maximum atomic E-state index is 13.2. The minimum absolute atomic E-state index is 0.000398. The van der Waals surface area contributed by atoms with Crippen LogP contribution in [0, 0.1) is 5.92 Å². The number of hydrogen-bond acceptors (Lipinski definition) is 6. The third kappa shape index (κ3) is 7.61. The van der Waals surface area contributed by atoms with E-state index >= 15 is 0 Å². The lowest BCUT2D eigenvalue weighted by Gasteiger charge is -2.35. The van der Waals surface area contributed by atoms with Gasteiger partial charge in [0, 0.05) is 5.54 Å². The minimum atomic E-state index is -3.95. The summed E-state index contributed by atoms with van der Waals surface area (Å²) in [6.45, 7) is 8.73. The summed E-state index contributed by atoms with van der Waals surface area (Å²) in [6, 6.07) is 8.37. The zero-order valence-corrected chi connectivity index (χ0v) is 20.7. The number of nitrogens with one attached hydrogen (secondary N) is 2. The standard InChI is InChI=1S/C23H33N3O6S/c1-16(2)21(22(28)25-23(3,4)5)26(15-18-8-7-13-32-18)20(27)14-24-33(29,30)19-11-9-17(31-6)10-12-19/h7-13,16,21,24H,14-15H2,1-6H3,(H,25,28)/t21-/m1/s1. The van der Waals surface area contributed by atoms with Crippen LogP contribution in [-0.4, -0.2) is 50.4 Å². The molecular formula is C23H33N3O6S. The number of benzene rings is 1. The molecule has 9 nitrogen and oxygen atoms in total. The van der Waals surface area contributed by atoms with Gasteiger partial charge < -0.3 is 19.4 Å². The van der Waals surface area contributed by atoms with E-state index in [0.717, 1.165) is 0 Å². The molecule has 1 atom stereocenters. The number of methoxy groups -OCH3 is 1. The van der Waals surface area contributed by atoms with Gasteiger partial charge in [0.1, 0.15) is 17.6 Å². The fraction of sp³-hybridized carbons (Fsp3) is 0.478. The molecule has 1 aromatic carbocycles. The van der Waals surface area contributed by atoms with Crippen molar-refractivity contribution in [2.75, 3.05) is 13.7 Å². The molecule has 0 saturated heterocycles. The number of amides is 2. The second kappa shape index (κ2) is 10.8. The number of hydrogen-bond donors (Lipinski definition) is 2. The summed E-state index contributed by atoms with van der Waals surface area (Å²) in [5.74, 6) is -0.110. The highest BCUT2D eigenvalue weighted by Gasteiger charge is 2.35. The summed E-state index contributed by atoms with van der Waals surface area (Å²) in [4.78, 5) is 27.6. The molecule has 0 aliphatic heterocycles. The van der Waals surface area contributed by atoms with Crippen molar-refractivity contribution < 1.29 is 27.2 Å². The van der Waals surface area contributed by atoms with E-state index in [1.165, 1.54) is 42.5 Å². The van der Waals surface area contributed by atoms with Crippen LogP contribution in [0.3, 0.4) is 0 Å². The Kier molecular flexibility index (Phi) is 8.68. The van der Waals surface area contributed by atoms with E-state index in [1.54, 1.807) is 12.1 Å². The summed E-state index contributed by atoms with van der Waals surface area (Å²) < 4.78 is 38.1. The topological polar surface area (TPSA) is 118 Å². The Hall–Kier alpha value is -2.85. The van der Waals surface area contributed by atoms with Crippen molar-refractivity contribution in [3.8, 4) is 5.75 Å². The number of furan rings is 1. The molecule has 0 spiro atoms. The first-order valence-electron chi connectivity index (χ1n) is 10.6. The quantitative estimate of drug-likeness (QED) is 0.541. The number of carbonyl (C=O) groups excluding carboxylic acids is 2. The number of ether oxygens (including phenoxy) is 1. The number of carbonyl (C=O) groups is 2. The van der Waals surface area contributed by atoms with Gasteiger partial charge in [0.2, 0.25) is 21.8 Å². The second-order valence-electron chi connectivity index (χ2n) is 9.03. The van der Waals surface area contributed by atoms with Gasteiger partial charge in [0.05, 0.1) is 31.4 Å². The molecule has 2 N–H and O–H groups in total. The third-order valence-electron chi connectivity index (χ3n) is 4.74. The number of rotatable bonds is 10. The van der Waals surface area contributed by atoms with Gasteiger partial charge in [-0.15, -0.1) is 0 Å². The van der Waals surface area contributed by atoms with Crippen LogP contribution in [0.2, 0.25) is 0 Å². The summed E-state index contributed by atoms with van der Waals surface area (Å²) in [7, 11) is -2.47. The summed E-state index contributed by atoms with van der Waals surface area (Å²) >= 11 is 0. The first kappa shape index (κ1) is 26.4. The zero-order chi connectivity index (χ0) is 24.8. The van der Waals surface area contributed by atoms with Crippen molar-refractivity contribution in [3.05, 3.63) is 48.4 Å². The zero-order valence-electron chi connectivity index (χ0n) is 19.9. The van der Waals surface area contributed by atoms with Crippen LogP contribution in [0.1, 0.15) is 40.4 Å². The highest BCUT2D eigenvalue weighted by atomic mass is 32.2. The van der Waals surface area contributed by atoms with E-state index in [0.29, 0.717) is 11.5 Å². The first-order valence-corrected chi connectivity index (χ1v) is 12.1. The van der Waals surface area contributed by atoms with Crippen LogP contribution in [-0.2, 0) is 26.2 Å². The Morgan fingerprint density at radius 2 is 1.76 bits per heavy atom. The maximum Gasteiger partial charge on any atom is 0.243 e. The SMILES string of the molecule is COc1ccc(S(=O)(=O)NCC(=O)N(Cc2ccco2)[C@@H](C(=O)NC(C)(C)C)C(C)C)cc1. The van der Waals surface area contributed by atoms with Crippen LogP contribution in [0.5, 0.6) is 5.75 Å². The molecule has 182 valence electrons. The normalized spacial score (nSPS) is 12.9. The molecule has 2 amide bonds. The lowest BCUT2D eigenvalue weighted by Crippen LogP contribution is -2.57. The van der Waals surface area contributed by atoms with E-state index in [2.05, 4.69) is 10.0 Å². The molecule has 1 aromatic heterocycles. The average Bonchev–Trinajstić information content (AvgIpc) is 3.23. The van der Waals surface area contributed by atoms with Crippen molar-refractivity contribution in [1.29, 1.82) is 0 Å². The van der Waals surface area contributed by atoms with Gasteiger partial charge >= 0.3 is 0 Å². The largest absolute Gasteiger partial charge is 0.497 e. The molecule has 0 aliphatic rings. The van der Waals surface area contributed by atoms with Gasteiger partial charge in [-0.3, -0.25) is 9.59 Å². The monoisotopic (exact) mass is 479 g/mol. The van der Waals surface area contributed by atoms with Crippen molar-refractivity contribution in [2.24, 2.45) is 5.92 Å². The van der Waals surface area contributed by atoms with Gasteiger partial charge in [0.25, 0.3) is 0 Å². The summed E-state index contributed by atoms with van der Waals surface area (Å²) in [5, 5.41) is 2.91. The highest BCUT2D eigenvalue weighted by molar-refractivity contribution is 7.89. The number of nitrogens with zero attached hydrogens (tertiary/aromatic N) is 1. The van der Waals surface area contributed by atoms with Crippen molar-refractivity contribution in [1.82, 2.24) is 14.9 Å². The Morgan fingerprint density at radius 3 is 2.24 bits per heavy atom. The minimum Gasteiger partial charge on any atom is -0.497 e. The fourth-order valence-electron chi connectivity index (χ4n) is 3.26. The van der Waals surface area contributed by atoms with E-state index in [4.69, 9.17) is 9.15 Å². The molecule has 0 bridgehead atoms. The van der Waals surface area contributed by atoms with Gasteiger partial charge in [-0.1, -0.05) is 13.8 Å². The first-order chi connectivity index (χ1) is 15.3. The van der Waals surface area contributed by atoms with E-state index in [1.807, 2.05) is 34.6 Å². The molecule has 0 saturated carbocycles. The highest BCUT2D eigenvalue weighted by Crippen LogP contribution is 2.19. The van der Waals surface area contributed by atoms with Crippen LogP contribution in [0.25, 0.3) is 0 Å². The van der Waals surface area contributed by atoms with E-state index < -0.39 is 34.1 Å². The van der Waals surface area contributed by atoms with E-state index in [9.17, 15) is 18.0 Å². The molecule has 1 heterocycles. The third-order valence-corrected chi connectivity index (χ3v) is 6.16. The van der Waals surface area contributed by atoms with Crippen LogP contribution in [0.4, 0.5) is 0 Å². The Balaban J connectivity index is 2.26. The molecular weight excluding hydrogens is 446 g/mol. The van der Waals surface area contributed by atoms with Crippen molar-refractivity contribution in [2.45, 2.75) is 57.6 Å². The van der Waals surface area contributed by atoms with Crippen molar-refractivity contribution in [3.63, 3.8) is 0 Å². The average molecular weight is 480 g/mol. The maximum absolute atomic E-state index is 13.2. The second-order valence-corrected chi connectivity index (χ2v) is 10.8. The van der Waals surface area contributed by atoms with Gasteiger partial charge in [0.15, 0.2) is 0 Å². The smallest absolute Gasteiger partial charge is 0.243 e. The van der Waals surface area contributed by atoms with Crippen LogP contribution >= 0.6 is 0 Å². The molecule has 2 aromatic rings. The molecule has 0 aliphatic carbocycles. The van der Waals surface area contributed by atoms with Gasteiger partial charge in [-0.25, -0.2) is 13.1 Å². The predicted octanol–water partition coefficient (Wildman–Crippen LogP) is 2.53. The lowest BCUT2D eigenvalue weighted by molar-refractivity contribution is -0.143. The van der Waals surface area contributed by atoms with E-state index in [-0.39, 0.29) is 23.3 Å². The predicted molar refractivity (Wildman–Crippen MR) is 124 cm³/mol. The molecule has 2 rings (SSSR count). The Morgan fingerprint density at radius 1 is 1.12 bits per heavy atom. The van der Waals surface area contributed by atoms with Crippen LogP contribution < -0.4 is 14.8 Å². The Labute approximate surface area is 195 Å². The number of sulfonamides is 1. The summed E-state index contributed by atoms with van der Waals surface area (Å²) in [5.41, 5.74) is -0.500. The molecule has 0 unspecified atom stereocenters. The molecule has 33 heavy (non-hydrogen) atoms.